The molecule has 0 aliphatic rings. The molecule has 1 heterocycles. The molecule has 0 aliphatic carbocycles. The number of nitrogens with two attached hydrogens (primary N) is 8. The van der Waals surface area contributed by atoms with Crippen LogP contribution in [0.4, 0.5) is 0 Å². The van der Waals surface area contributed by atoms with Gasteiger partial charge in [-0.15, -0.1) is 0 Å². The molecule has 31 heteroatoms. The van der Waals surface area contributed by atoms with Crippen LogP contribution in [0.25, 0.3) is 0 Å². The minimum atomic E-state index is -1.64. The minimum absolute atomic E-state index is 0.0160. The molecule has 0 unspecified atom stereocenters. The third-order valence-corrected chi connectivity index (χ3v) is 11.2. The molecule has 0 saturated heterocycles. The lowest BCUT2D eigenvalue weighted by atomic mass is 10.1. The van der Waals surface area contributed by atoms with Crippen LogP contribution >= 0.6 is 0 Å². The van der Waals surface area contributed by atoms with E-state index in [0.717, 1.165) is 0 Å². The highest BCUT2D eigenvalue weighted by Crippen LogP contribution is 2.09. The van der Waals surface area contributed by atoms with Gasteiger partial charge in [0.05, 0.1) is 31.5 Å². The summed E-state index contributed by atoms with van der Waals surface area (Å²) >= 11 is 0. The molecule has 7 atom stereocenters. The average molecular weight is 1090 g/mol. The fraction of sp³-hybridized carbons (Fsp3) is 0.652. The van der Waals surface area contributed by atoms with Crippen molar-refractivity contribution in [1.29, 1.82) is 0 Å². The van der Waals surface area contributed by atoms with Gasteiger partial charge in [0.1, 0.15) is 41.6 Å². The van der Waals surface area contributed by atoms with Crippen molar-refractivity contribution in [2.24, 2.45) is 55.9 Å². The van der Waals surface area contributed by atoms with Crippen molar-refractivity contribution in [2.75, 3.05) is 58.9 Å². The number of amides is 9. The maximum atomic E-state index is 14.2. The van der Waals surface area contributed by atoms with Gasteiger partial charge in [0.15, 0.2) is 5.96 Å². The number of aliphatic hydroxyl groups excluding tert-OH is 2. The Balaban J connectivity index is 3.42. The topological polar surface area (TPSA) is 552 Å². The van der Waals surface area contributed by atoms with E-state index in [1.165, 1.54) is 25.5 Å². The van der Waals surface area contributed by atoms with Crippen molar-refractivity contribution in [2.45, 2.75) is 133 Å². The zero-order valence-electron chi connectivity index (χ0n) is 43.9. The van der Waals surface area contributed by atoms with Gasteiger partial charge >= 0.3 is 0 Å². The SMILES string of the molecule is C[C@H](NC(=O)C(CCCN)=NC(=O)CNC(=O)[C@@H](NC(=O)C[C@@H](O)CN)[C@@H](O)CN)C(=O)N[C@@H](Cc1cnc[nH]1)C(=O)N[C@@H](CCCCN)C(=O)N/C(=C\CCN=C(N)N)C(=O)N[C@@H](CCCCN)C(=O)NCCCCN. The summed E-state index contributed by atoms with van der Waals surface area (Å²) in [4.78, 5) is 136. The highest BCUT2D eigenvalue weighted by Gasteiger charge is 2.32. The predicted octanol–water partition coefficient (Wildman–Crippen LogP) is -7.98. The fourth-order valence-electron chi connectivity index (χ4n) is 6.88. The van der Waals surface area contributed by atoms with Crippen molar-refractivity contribution in [1.82, 2.24) is 52.5 Å². The van der Waals surface area contributed by atoms with Crippen molar-refractivity contribution in [3.05, 3.63) is 30.0 Å². The van der Waals surface area contributed by atoms with E-state index in [2.05, 4.69) is 62.5 Å². The third kappa shape index (κ3) is 28.6. The summed E-state index contributed by atoms with van der Waals surface area (Å²) in [5, 5.41) is 40.1. The molecule has 0 spiro atoms. The smallest absolute Gasteiger partial charge is 0.268 e. The molecule has 1 aromatic rings. The van der Waals surface area contributed by atoms with Gasteiger partial charge < -0.3 is 104 Å². The van der Waals surface area contributed by atoms with Gasteiger partial charge in [-0.3, -0.25) is 48.1 Å². The number of unbranched alkanes of at least 4 members (excludes halogenated alkanes) is 3. The summed E-state index contributed by atoms with van der Waals surface area (Å²) in [7, 11) is 0. The maximum Gasteiger partial charge on any atom is 0.268 e. The molecule has 27 N–H and O–H groups in total. The summed E-state index contributed by atoms with van der Waals surface area (Å²) in [5.74, 6) is -7.98. The first-order chi connectivity index (χ1) is 36.7. The van der Waals surface area contributed by atoms with Crippen LogP contribution in [0, 0.1) is 0 Å². The van der Waals surface area contributed by atoms with Gasteiger partial charge in [-0.25, -0.2) is 9.98 Å². The van der Waals surface area contributed by atoms with Gasteiger partial charge in [-0.05, 0) is 104 Å². The standard InChI is InChI=1S/C46H84N20O11/c1-27(60-41(73)31(12-8-17-50)61-37(70)25-58-45(77)38(35(68)23-52)66-36(69)21-29(67)22-51)39(71)65-34(20-28-24-55-26-59-28)44(76)64-32(11-3-5-15-48)42(74)63-33(13-9-19-57-46(53)54)43(75)62-30(10-2-4-14-47)40(72)56-18-7-6-16-49/h13,24,26-27,29-30,32,34-35,38,67-68H,2-12,14-23,25,47-52H2,1H3,(H,55,59)(H,56,72)(H,58,77)(H,60,73)(H,62,75)(H,63,74)(H,64,76)(H,65,71)(H,66,69)(H4,53,54,57)/b33-13-,61-31?/t27-,29+,30-,32-,34-,35-,38-/m0/s1. The van der Waals surface area contributed by atoms with Gasteiger partial charge in [0.2, 0.25) is 35.4 Å². The van der Waals surface area contributed by atoms with E-state index in [4.69, 9.17) is 45.9 Å². The Morgan fingerprint density at radius 1 is 0.688 bits per heavy atom. The predicted molar refractivity (Wildman–Crippen MR) is 285 cm³/mol. The molecule has 0 aromatic carbocycles. The Morgan fingerprint density at radius 3 is 1.90 bits per heavy atom. The van der Waals surface area contributed by atoms with Crippen LogP contribution in [0.3, 0.4) is 0 Å². The summed E-state index contributed by atoms with van der Waals surface area (Å²) in [6.07, 6.45) is 4.02. The third-order valence-electron chi connectivity index (χ3n) is 11.2. The molecule has 1 rings (SSSR count). The number of rotatable bonds is 40. The van der Waals surface area contributed by atoms with E-state index in [-0.39, 0.29) is 82.1 Å². The first kappa shape index (κ1) is 68.0. The Hall–Kier alpha value is -7.00. The molecule has 0 saturated carbocycles. The monoisotopic (exact) mass is 1090 g/mol. The Bertz CT molecular complexity index is 2100. The number of hydrogen-bond donors (Lipinski definition) is 19. The van der Waals surface area contributed by atoms with E-state index < -0.39 is 115 Å². The number of carbonyl (C=O) groups excluding carboxylic acids is 9. The van der Waals surface area contributed by atoms with Crippen LogP contribution in [0.5, 0.6) is 0 Å². The number of aromatic amines is 1. The van der Waals surface area contributed by atoms with Crippen LogP contribution in [0.2, 0.25) is 0 Å². The number of guanidine groups is 1. The molecule has 1 aromatic heterocycles. The van der Waals surface area contributed by atoms with E-state index in [1.807, 2.05) is 0 Å². The molecular weight excluding hydrogens is 1010 g/mol. The highest BCUT2D eigenvalue weighted by molar-refractivity contribution is 6.40. The summed E-state index contributed by atoms with van der Waals surface area (Å²) < 4.78 is 0. The van der Waals surface area contributed by atoms with Crippen molar-refractivity contribution >= 4 is 64.8 Å². The van der Waals surface area contributed by atoms with E-state index in [0.29, 0.717) is 63.9 Å². The number of aromatic nitrogens is 2. The molecule has 0 radical (unpaired) electrons. The summed E-state index contributed by atoms with van der Waals surface area (Å²) in [6.45, 7) is 1.19. The molecule has 0 bridgehead atoms. The Kier molecular flexibility index (Phi) is 34.8. The van der Waals surface area contributed by atoms with Gasteiger partial charge in [-0.2, -0.15) is 0 Å². The molecule has 9 amide bonds. The quantitative estimate of drug-likeness (QED) is 0.0126. The van der Waals surface area contributed by atoms with Crippen LogP contribution in [-0.4, -0.2) is 186 Å². The number of nitrogens with one attached hydrogen (secondary N) is 9. The van der Waals surface area contributed by atoms with Crippen LogP contribution in [-0.2, 0) is 49.6 Å². The lowest BCUT2D eigenvalue weighted by Crippen LogP contribution is -2.57. The number of H-pyrrole nitrogens is 1. The van der Waals surface area contributed by atoms with Crippen LogP contribution in [0.15, 0.2) is 34.3 Å². The molecule has 434 valence electrons. The minimum Gasteiger partial charge on any atom is -0.391 e. The van der Waals surface area contributed by atoms with Crippen molar-refractivity contribution in [3.63, 3.8) is 0 Å². The highest BCUT2D eigenvalue weighted by atomic mass is 16.3. The molecule has 77 heavy (non-hydrogen) atoms. The molecule has 0 fully saturated rings. The van der Waals surface area contributed by atoms with E-state index in [1.54, 1.807) is 0 Å². The zero-order valence-corrected chi connectivity index (χ0v) is 43.9. The van der Waals surface area contributed by atoms with Gasteiger partial charge in [-0.1, -0.05) is 6.08 Å². The molecule has 31 nitrogen and oxygen atoms in total. The first-order valence-corrected chi connectivity index (χ1v) is 25.5. The van der Waals surface area contributed by atoms with Crippen LogP contribution < -0.4 is 88.4 Å². The number of aliphatic imine (C=N–C) groups is 2. The average Bonchev–Trinajstić information content (AvgIpc) is 3.92. The van der Waals surface area contributed by atoms with E-state index in [9.17, 15) is 53.4 Å². The Labute approximate surface area is 447 Å². The molecule has 0 aliphatic heterocycles. The largest absolute Gasteiger partial charge is 0.391 e. The normalized spacial score (nSPS) is 14.2. The van der Waals surface area contributed by atoms with Gasteiger partial charge in [0, 0.05) is 44.5 Å². The van der Waals surface area contributed by atoms with E-state index >= 15 is 0 Å². The first-order valence-electron chi connectivity index (χ1n) is 25.5. The Morgan fingerprint density at radius 2 is 1.31 bits per heavy atom. The second-order valence-electron chi connectivity index (χ2n) is 17.7. The van der Waals surface area contributed by atoms with Crippen LogP contribution in [0.1, 0.15) is 89.7 Å². The maximum absolute atomic E-state index is 14.2. The van der Waals surface area contributed by atoms with Gasteiger partial charge in [0.25, 0.3) is 17.7 Å². The zero-order chi connectivity index (χ0) is 57.7. The second-order valence-corrected chi connectivity index (χ2v) is 17.7. The summed E-state index contributed by atoms with van der Waals surface area (Å²) in [6, 6.07) is -6.79. The number of hydrogen-bond acceptors (Lipinski definition) is 19. The number of carbonyl (C=O) groups is 9. The lowest BCUT2D eigenvalue weighted by molar-refractivity contribution is -0.133. The fourth-order valence-corrected chi connectivity index (χ4v) is 6.88. The number of imidazole rings is 1. The number of aliphatic hydroxyl groups is 2. The molecular formula is C46H84N20O11. The summed E-state index contributed by atoms with van der Waals surface area (Å²) in [5.41, 5.74) is 44.2. The van der Waals surface area contributed by atoms with Crippen molar-refractivity contribution < 1.29 is 53.4 Å². The van der Waals surface area contributed by atoms with Crippen molar-refractivity contribution in [3.8, 4) is 0 Å². The lowest BCUT2D eigenvalue weighted by Gasteiger charge is -2.25. The number of nitrogens with zero attached hydrogens (tertiary/aromatic N) is 3. The second kappa shape index (κ2) is 39.4.